The largest absolute Gasteiger partial charge is 0.465 e. The molecule has 2 fully saturated rings. The van der Waals surface area contributed by atoms with Gasteiger partial charge in [-0.2, -0.15) is 11.8 Å². The van der Waals surface area contributed by atoms with E-state index in [1.54, 1.807) is 11.8 Å². The molecule has 1 aromatic carbocycles. The van der Waals surface area contributed by atoms with E-state index in [4.69, 9.17) is 7.80 Å². The number of hydrogen-bond donors (Lipinski definition) is 0. The molecule has 0 aromatic heterocycles. The summed E-state index contributed by atoms with van der Waals surface area (Å²) in [6.45, 7) is 0.562. The molecule has 1 aliphatic carbocycles. The summed E-state index contributed by atoms with van der Waals surface area (Å²) < 4.78 is 10.6. The van der Waals surface area contributed by atoms with Crippen LogP contribution in [0.1, 0.15) is 37.7 Å². The number of halogens is 1. The van der Waals surface area contributed by atoms with Crippen LogP contribution in [0.5, 0.6) is 0 Å². The molecular formula is C17H21IO3S2. The Hall–Kier alpha value is 0.0800. The van der Waals surface area contributed by atoms with E-state index >= 15 is 0 Å². The maximum absolute atomic E-state index is 11.5. The van der Waals surface area contributed by atoms with E-state index in [-0.39, 0.29) is 11.2 Å². The van der Waals surface area contributed by atoms with E-state index in [2.05, 4.69) is 47.3 Å². The van der Waals surface area contributed by atoms with Crippen LogP contribution in [0.15, 0.2) is 29.2 Å². The number of hydrogen-bond acceptors (Lipinski definition) is 5. The number of esters is 1. The van der Waals surface area contributed by atoms with Crippen LogP contribution >= 0.6 is 46.5 Å². The van der Waals surface area contributed by atoms with Crippen LogP contribution in [0.3, 0.4) is 0 Å². The lowest BCUT2D eigenvalue weighted by molar-refractivity contribution is -0.137. The van der Waals surface area contributed by atoms with Crippen molar-refractivity contribution in [3.63, 3.8) is 0 Å². The minimum Gasteiger partial charge on any atom is -0.465 e. The average molecular weight is 464 g/mol. The Labute approximate surface area is 160 Å². The Kier molecular flexibility index (Phi) is 6.97. The van der Waals surface area contributed by atoms with Crippen molar-refractivity contribution in [2.24, 2.45) is 0 Å². The summed E-state index contributed by atoms with van der Waals surface area (Å²) in [5.41, 5.74) is 1.34. The smallest absolute Gasteiger partial charge is 0.319 e. The fraction of sp³-hybridized carbons (Fsp3) is 0.588. The molecule has 1 unspecified atom stereocenters. The molecule has 0 radical (unpaired) electrons. The van der Waals surface area contributed by atoms with Gasteiger partial charge in [0.05, 0.1) is 12.7 Å². The third-order valence-electron chi connectivity index (χ3n) is 4.31. The Balaban J connectivity index is 1.50. The van der Waals surface area contributed by atoms with Gasteiger partial charge < -0.3 is 7.80 Å². The second kappa shape index (κ2) is 8.97. The van der Waals surface area contributed by atoms with E-state index in [0.29, 0.717) is 18.0 Å². The minimum atomic E-state index is -0.0724. The highest BCUT2D eigenvalue weighted by Crippen LogP contribution is 2.34. The van der Waals surface area contributed by atoms with Gasteiger partial charge in [0.2, 0.25) is 0 Å². The summed E-state index contributed by atoms with van der Waals surface area (Å²) in [5, 5.41) is 0.585. The molecule has 1 aromatic rings. The second-order valence-electron chi connectivity index (χ2n) is 5.97. The van der Waals surface area contributed by atoms with Gasteiger partial charge in [0.15, 0.2) is 0 Å². The van der Waals surface area contributed by atoms with Gasteiger partial charge >= 0.3 is 5.97 Å². The van der Waals surface area contributed by atoms with Crippen molar-refractivity contribution in [2.75, 3.05) is 6.61 Å². The van der Waals surface area contributed by atoms with Crippen molar-refractivity contribution in [3.05, 3.63) is 29.8 Å². The molecule has 1 heterocycles. The number of carbonyl (C=O) groups excluding carboxylic acids is 1. The molecule has 1 saturated heterocycles. The number of ether oxygens (including phenoxy) is 1. The van der Waals surface area contributed by atoms with Gasteiger partial charge in [-0.3, -0.25) is 4.79 Å². The zero-order valence-electron chi connectivity index (χ0n) is 12.9. The topological polar surface area (TPSA) is 35.5 Å². The van der Waals surface area contributed by atoms with Gasteiger partial charge in [0.25, 0.3) is 0 Å². The summed E-state index contributed by atoms with van der Waals surface area (Å²) in [6, 6.07) is 8.61. The monoisotopic (exact) mass is 464 g/mol. The molecule has 0 bridgehead atoms. The van der Waals surface area contributed by atoms with Crippen molar-refractivity contribution in [2.45, 2.75) is 59.4 Å². The summed E-state index contributed by atoms with van der Waals surface area (Å²) in [6.07, 6.45) is 6.28. The Morgan fingerprint density at radius 1 is 1.17 bits per heavy atom. The quantitative estimate of drug-likeness (QED) is 0.437. The summed E-state index contributed by atoms with van der Waals surface area (Å²) in [5.74, 6) is 0.953. The lowest BCUT2D eigenvalue weighted by Crippen LogP contribution is -2.27. The Morgan fingerprint density at radius 2 is 1.96 bits per heavy atom. The summed E-state index contributed by atoms with van der Waals surface area (Å²) in [4.78, 5) is 12.7. The van der Waals surface area contributed by atoms with Crippen LogP contribution in [0.25, 0.3) is 0 Å². The van der Waals surface area contributed by atoms with Crippen molar-refractivity contribution < 1.29 is 12.6 Å². The zero-order valence-corrected chi connectivity index (χ0v) is 16.7. The Morgan fingerprint density at radius 3 is 2.65 bits per heavy atom. The lowest BCUT2D eigenvalue weighted by atomic mass is 9.97. The molecule has 0 amide bonds. The van der Waals surface area contributed by atoms with Crippen LogP contribution in [0, 0.1) is 0 Å². The maximum atomic E-state index is 11.5. The van der Waals surface area contributed by atoms with Gasteiger partial charge in [-0.05, 0) is 30.5 Å². The zero-order chi connectivity index (χ0) is 16.1. The normalized spacial score (nSPS) is 27.9. The molecule has 1 saturated carbocycles. The van der Waals surface area contributed by atoms with Crippen LogP contribution in [0.2, 0.25) is 0 Å². The highest BCUT2D eigenvalue weighted by molar-refractivity contribution is 14.1. The summed E-state index contributed by atoms with van der Waals surface area (Å²) >= 11 is 5.68. The third-order valence-corrected chi connectivity index (χ3v) is 7.69. The molecule has 0 N–H and O–H groups in total. The van der Waals surface area contributed by atoms with Crippen LogP contribution < -0.4 is 0 Å². The van der Waals surface area contributed by atoms with Crippen molar-refractivity contribution in [3.8, 4) is 0 Å². The van der Waals surface area contributed by atoms with Gasteiger partial charge in [0.1, 0.15) is 28.3 Å². The number of thioether (sulfide) groups is 2. The first-order valence-electron chi connectivity index (χ1n) is 8.07. The van der Waals surface area contributed by atoms with E-state index in [9.17, 15) is 4.79 Å². The first-order chi connectivity index (χ1) is 11.3. The Bertz CT molecular complexity index is 523. The molecule has 1 aliphatic heterocycles. The van der Waals surface area contributed by atoms with E-state index in [1.165, 1.54) is 31.2 Å². The number of carbonyl (C=O) groups is 1. The standard InChI is InChI=1S/C17H21IO3S2/c18-21-14-3-1-2-4-15(14)22-11-12-5-7-13(8-6-12)23-16-9-10-20-17(16)19/h5-8,14-16H,1-4,9-11H2/t14-,15+,16?/m1/s1. The highest BCUT2D eigenvalue weighted by atomic mass is 127. The molecule has 2 aliphatic rings. The van der Waals surface area contributed by atoms with Crippen molar-refractivity contribution >= 4 is 52.5 Å². The second-order valence-corrected chi connectivity index (χ2v) is 8.98. The third kappa shape index (κ3) is 5.03. The molecule has 23 heavy (non-hydrogen) atoms. The van der Waals surface area contributed by atoms with E-state index in [0.717, 1.165) is 17.1 Å². The van der Waals surface area contributed by atoms with Crippen molar-refractivity contribution in [1.82, 2.24) is 0 Å². The van der Waals surface area contributed by atoms with Crippen LogP contribution in [0.4, 0.5) is 0 Å². The predicted molar refractivity (Wildman–Crippen MR) is 104 cm³/mol. The van der Waals surface area contributed by atoms with Crippen LogP contribution in [-0.4, -0.2) is 29.2 Å². The number of benzene rings is 1. The molecular weight excluding hydrogens is 443 g/mol. The minimum absolute atomic E-state index is 0.0287. The lowest BCUT2D eigenvalue weighted by Gasteiger charge is -2.28. The maximum Gasteiger partial charge on any atom is 0.319 e. The predicted octanol–water partition coefficient (Wildman–Crippen LogP) is 5.01. The first-order valence-corrected chi connectivity index (χ1v) is 10.9. The average Bonchev–Trinajstić information content (AvgIpc) is 2.99. The SMILES string of the molecule is O=C1OCCC1Sc1ccc(CS[C@H]2CCCC[C@H]2OI)cc1. The fourth-order valence-corrected chi connectivity index (χ4v) is 6.12. The van der Waals surface area contributed by atoms with E-state index in [1.807, 2.05) is 11.8 Å². The number of cyclic esters (lactones) is 1. The first kappa shape index (κ1) is 17.9. The number of rotatable bonds is 6. The highest BCUT2D eigenvalue weighted by Gasteiger charge is 2.27. The van der Waals surface area contributed by atoms with Gasteiger partial charge in [-0.15, -0.1) is 11.8 Å². The van der Waals surface area contributed by atoms with Crippen LogP contribution in [-0.2, 0) is 18.4 Å². The molecule has 126 valence electrons. The molecule has 3 atom stereocenters. The molecule has 6 heteroatoms. The molecule has 3 rings (SSSR count). The molecule has 0 spiro atoms. The van der Waals surface area contributed by atoms with Gasteiger partial charge in [-0.1, -0.05) is 25.0 Å². The van der Waals surface area contributed by atoms with Crippen molar-refractivity contribution in [1.29, 1.82) is 0 Å². The van der Waals surface area contributed by atoms with Gasteiger partial charge in [-0.25, -0.2) is 0 Å². The van der Waals surface area contributed by atoms with Gasteiger partial charge in [0, 0.05) is 22.3 Å². The summed E-state index contributed by atoms with van der Waals surface area (Å²) in [7, 11) is 0. The fourth-order valence-electron chi connectivity index (χ4n) is 2.97. The molecule has 3 nitrogen and oxygen atoms in total. The van der Waals surface area contributed by atoms with E-state index < -0.39 is 0 Å².